The standard InChI is InChI=1S/C13H10ClFN2O2/c14-8-2-1-3-10(12(8)15)17-13(19)7-4-5-9(16)11(18)6-7/h1-6,18H,16H2,(H,17,19). The van der Waals surface area contributed by atoms with Gasteiger partial charge in [-0.25, -0.2) is 4.39 Å². The fourth-order valence-electron chi connectivity index (χ4n) is 1.48. The Kier molecular flexibility index (Phi) is 3.57. The van der Waals surface area contributed by atoms with E-state index in [0.29, 0.717) is 0 Å². The average Bonchev–Trinajstić information content (AvgIpc) is 2.38. The van der Waals surface area contributed by atoms with Gasteiger partial charge >= 0.3 is 0 Å². The molecule has 2 aromatic rings. The van der Waals surface area contributed by atoms with Gasteiger partial charge in [0, 0.05) is 5.56 Å². The lowest BCUT2D eigenvalue weighted by molar-refractivity contribution is 0.102. The fraction of sp³-hybridized carbons (Fsp3) is 0. The van der Waals surface area contributed by atoms with E-state index in [9.17, 15) is 14.3 Å². The maximum atomic E-state index is 13.6. The summed E-state index contributed by atoms with van der Waals surface area (Å²) in [5.74, 6) is -1.49. The number of nitrogen functional groups attached to an aromatic ring is 1. The number of carbonyl (C=O) groups is 1. The summed E-state index contributed by atoms with van der Waals surface area (Å²) < 4.78 is 13.6. The molecule has 2 aromatic carbocycles. The third kappa shape index (κ3) is 2.77. The Balaban J connectivity index is 2.26. The van der Waals surface area contributed by atoms with Crippen molar-refractivity contribution in [2.24, 2.45) is 0 Å². The van der Waals surface area contributed by atoms with E-state index in [2.05, 4.69) is 5.32 Å². The van der Waals surface area contributed by atoms with Crippen molar-refractivity contribution in [3.63, 3.8) is 0 Å². The molecule has 6 heteroatoms. The molecule has 0 aliphatic rings. The molecular weight excluding hydrogens is 271 g/mol. The van der Waals surface area contributed by atoms with Gasteiger partial charge in [0.2, 0.25) is 0 Å². The summed E-state index contributed by atoms with van der Waals surface area (Å²) in [6, 6.07) is 8.29. The van der Waals surface area contributed by atoms with E-state index in [-0.39, 0.29) is 27.7 Å². The van der Waals surface area contributed by atoms with Gasteiger partial charge < -0.3 is 16.2 Å². The van der Waals surface area contributed by atoms with E-state index < -0.39 is 11.7 Å². The number of phenols is 1. The van der Waals surface area contributed by atoms with Gasteiger partial charge in [0.15, 0.2) is 5.82 Å². The van der Waals surface area contributed by atoms with Gasteiger partial charge in [0.1, 0.15) is 5.75 Å². The number of nitrogens with one attached hydrogen (secondary N) is 1. The first-order valence-corrected chi connectivity index (χ1v) is 5.70. The minimum absolute atomic E-state index is 0.0335. The smallest absolute Gasteiger partial charge is 0.255 e. The molecule has 0 fully saturated rings. The van der Waals surface area contributed by atoms with Crippen molar-refractivity contribution in [3.05, 3.63) is 52.8 Å². The molecule has 0 aromatic heterocycles. The van der Waals surface area contributed by atoms with Crippen LogP contribution in [0.5, 0.6) is 5.75 Å². The first-order valence-electron chi connectivity index (χ1n) is 5.33. The van der Waals surface area contributed by atoms with Crippen LogP contribution in [-0.2, 0) is 0 Å². The van der Waals surface area contributed by atoms with Crippen molar-refractivity contribution < 1.29 is 14.3 Å². The molecule has 98 valence electrons. The van der Waals surface area contributed by atoms with E-state index in [4.69, 9.17) is 17.3 Å². The summed E-state index contributed by atoms with van der Waals surface area (Å²) in [6.45, 7) is 0. The van der Waals surface area contributed by atoms with Gasteiger partial charge in [-0.3, -0.25) is 4.79 Å². The normalized spacial score (nSPS) is 10.2. The molecule has 0 aliphatic heterocycles. The number of nitrogens with two attached hydrogens (primary N) is 1. The van der Waals surface area contributed by atoms with E-state index in [0.717, 1.165) is 0 Å². The minimum Gasteiger partial charge on any atom is -0.506 e. The Morgan fingerprint density at radius 1 is 1.32 bits per heavy atom. The predicted molar refractivity (Wildman–Crippen MR) is 71.9 cm³/mol. The van der Waals surface area contributed by atoms with Crippen molar-refractivity contribution >= 4 is 28.9 Å². The van der Waals surface area contributed by atoms with Crippen LogP contribution in [0.3, 0.4) is 0 Å². The number of benzene rings is 2. The van der Waals surface area contributed by atoms with Gasteiger partial charge in [-0.15, -0.1) is 0 Å². The molecule has 0 saturated carbocycles. The van der Waals surface area contributed by atoms with Crippen molar-refractivity contribution in [3.8, 4) is 5.75 Å². The van der Waals surface area contributed by atoms with Crippen molar-refractivity contribution in [2.45, 2.75) is 0 Å². The van der Waals surface area contributed by atoms with Gasteiger partial charge in [0.25, 0.3) is 5.91 Å². The molecule has 0 unspecified atom stereocenters. The molecule has 0 radical (unpaired) electrons. The van der Waals surface area contributed by atoms with Crippen molar-refractivity contribution in [1.82, 2.24) is 0 Å². The molecule has 0 atom stereocenters. The van der Waals surface area contributed by atoms with E-state index in [1.165, 1.54) is 36.4 Å². The highest BCUT2D eigenvalue weighted by molar-refractivity contribution is 6.31. The SMILES string of the molecule is Nc1ccc(C(=O)Nc2cccc(Cl)c2F)cc1O. The Morgan fingerprint density at radius 2 is 2.05 bits per heavy atom. The van der Waals surface area contributed by atoms with E-state index in [1.807, 2.05) is 0 Å². The maximum absolute atomic E-state index is 13.6. The monoisotopic (exact) mass is 280 g/mol. The second-order valence-corrected chi connectivity index (χ2v) is 4.24. The molecule has 2 rings (SSSR count). The van der Waals surface area contributed by atoms with Crippen LogP contribution in [0, 0.1) is 5.82 Å². The zero-order chi connectivity index (χ0) is 14.0. The quantitative estimate of drug-likeness (QED) is 0.585. The maximum Gasteiger partial charge on any atom is 0.255 e. The van der Waals surface area contributed by atoms with Gasteiger partial charge in [-0.1, -0.05) is 17.7 Å². The van der Waals surface area contributed by atoms with Crippen molar-refractivity contribution in [1.29, 1.82) is 0 Å². The van der Waals surface area contributed by atoms with E-state index >= 15 is 0 Å². The Labute approximate surface area is 113 Å². The van der Waals surface area contributed by atoms with Gasteiger partial charge in [-0.2, -0.15) is 0 Å². The molecular formula is C13H10ClFN2O2. The van der Waals surface area contributed by atoms with Gasteiger partial charge in [0.05, 0.1) is 16.4 Å². The predicted octanol–water partition coefficient (Wildman–Crippen LogP) is 3.02. The van der Waals surface area contributed by atoms with Crippen molar-refractivity contribution in [2.75, 3.05) is 11.1 Å². The highest BCUT2D eigenvalue weighted by Crippen LogP contribution is 2.24. The molecule has 4 N–H and O–H groups in total. The first kappa shape index (κ1) is 13.2. The Bertz CT molecular complexity index is 647. The zero-order valence-corrected chi connectivity index (χ0v) is 10.4. The molecule has 0 heterocycles. The van der Waals surface area contributed by atoms with Crippen LogP contribution in [0.4, 0.5) is 15.8 Å². The lowest BCUT2D eigenvalue weighted by Crippen LogP contribution is -2.13. The number of halogens is 2. The Hall–Kier alpha value is -2.27. The second-order valence-electron chi connectivity index (χ2n) is 3.83. The number of rotatable bonds is 2. The largest absolute Gasteiger partial charge is 0.506 e. The summed E-state index contributed by atoms with van der Waals surface area (Å²) in [6.07, 6.45) is 0. The highest BCUT2D eigenvalue weighted by Gasteiger charge is 2.12. The molecule has 0 bridgehead atoms. The third-order valence-electron chi connectivity index (χ3n) is 2.49. The Morgan fingerprint density at radius 3 is 2.74 bits per heavy atom. The van der Waals surface area contributed by atoms with E-state index in [1.54, 1.807) is 0 Å². The van der Waals surface area contributed by atoms with Crippen LogP contribution in [0.15, 0.2) is 36.4 Å². The highest BCUT2D eigenvalue weighted by atomic mass is 35.5. The fourth-order valence-corrected chi connectivity index (χ4v) is 1.65. The zero-order valence-electron chi connectivity index (χ0n) is 9.65. The molecule has 1 amide bonds. The van der Waals surface area contributed by atoms with Crippen LogP contribution in [0.2, 0.25) is 5.02 Å². The molecule has 4 nitrogen and oxygen atoms in total. The summed E-state index contributed by atoms with van der Waals surface area (Å²) in [5, 5.41) is 11.7. The first-order chi connectivity index (χ1) is 8.99. The number of carbonyl (C=O) groups excluding carboxylic acids is 1. The average molecular weight is 281 g/mol. The lowest BCUT2D eigenvalue weighted by atomic mass is 10.1. The number of hydrogen-bond acceptors (Lipinski definition) is 3. The second kappa shape index (κ2) is 5.16. The van der Waals surface area contributed by atoms with Crippen LogP contribution in [-0.4, -0.2) is 11.0 Å². The van der Waals surface area contributed by atoms with Crippen LogP contribution < -0.4 is 11.1 Å². The number of anilines is 2. The number of aromatic hydroxyl groups is 1. The summed E-state index contributed by atoms with van der Waals surface area (Å²) >= 11 is 5.61. The summed E-state index contributed by atoms with van der Waals surface area (Å²) in [5.41, 5.74) is 5.71. The minimum atomic E-state index is -0.711. The third-order valence-corrected chi connectivity index (χ3v) is 2.78. The molecule has 0 aliphatic carbocycles. The van der Waals surface area contributed by atoms with Crippen LogP contribution in [0.25, 0.3) is 0 Å². The lowest BCUT2D eigenvalue weighted by Gasteiger charge is -2.08. The summed E-state index contributed by atoms with van der Waals surface area (Å²) in [4.78, 5) is 11.9. The van der Waals surface area contributed by atoms with Crippen LogP contribution in [0.1, 0.15) is 10.4 Å². The molecule has 0 spiro atoms. The van der Waals surface area contributed by atoms with Gasteiger partial charge in [-0.05, 0) is 30.3 Å². The topological polar surface area (TPSA) is 75.4 Å². The summed E-state index contributed by atoms with van der Waals surface area (Å²) in [7, 11) is 0. The number of amides is 1. The number of phenolic OH excluding ortho intramolecular Hbond substituents is 1. The molecule has 0 saturated heterocycles. The number of hydrogen-bond donors (Lipinski definition) is 3. The van der Waals surface area contributed by atoms with Crippen LogP contribution >= 0.6 is 11.6 Å². The molecule has 19 heavy (non-hydrogen) atoms.